The fourth-order valence-corrected chi connectivity index (χ4v) is 10.1. The van der Waals surface area contributed by atoms with E-state index in [1.807, 2.05) is 6.08 Å². The van der Waals surface area contributed by atoms with Crippen LogP contribution in [-0.4, -0.2) is 23.7 Å². The Balaban J connectivity index is 1.02. The summed E-state index contributed by atoms with van der Waals surface area (Å²) in [6, 6.07) is 78.0. The van der Waals surface area contributed by atoms with Gasteiger partial charge in [-0.05, 0) is 84.4 Å². The van der Waals surface area contributed by atoms with Gasteiger partial charge >= 0.3 is 0 Å². The van der Waals surface area contributed by atoms with Crippen LogP contribution in [0.2, 0.25) is 0 Å². The van der Waals surface area contributed by atoms with E-state index in [1.54, 1.807) is 0 Å². The first kappa shape index (κ1) is 36.8. The third kappa shape index (κ3) is 5.87. The maximum atomic E-state index is 5.43. The summed E-state index contributed by atoms with van der Waals surface area (Å²) in [6.07, 6.45) is 1.91. The Bertz CT molecular complexity index is 3770. The second-order valence-electron chi connectivity index (χ2n) is 16.7. The molecule has 0 aliphatic heterocycles. The summed E-state index contributed by atoms with van der Waals surface area (Å²) in [7, 11) is 0. The third-order valence-corrected chi connectivity index (χ3v) is 13.0. The van der Waals surface area contributed by atoms with Gasteiger partial charge in [0.05, 0.1) is 44.5 Å². The Morgan fingerprint density at radius 1 is 0.308 bits per heavy atom. The quantitative estimate of drug-likeness (QED) is 0.161. The first-order valence-electron chi connectivity index (χ1n) is 22.0. The topological polar surface area (TPSA) is 40.6 Å². The maximum absolute atomic E-state index is 5.43. The van der Waals surface area contributed by atoms with Gasteiger partial charge in [0.2, 0.25) is 0 Å². The molecule has 304 valence electrons. The summed E-state index contributed by atoms with van der Waals surface area (Å²) in [5, 5.41) is 7.32. The van der Waals surface area contributed by atoms with Crippen LogP contribution in [-0.2, 0) is 0 Å². The predicted octanol–water partition coefficient (Wildman–Crippen LogP) is 15.4. The predicted molar refractivity (Wildman–Crippen MR) is 271 cm³/mol. The SMILES string of the molecule is C=Cc1ccc2c3ccccc3n(-c3cccc(-c4cc(-c5cccc(-n6c7ccccc7c7ccccc76)c5)nc(-c5cccc(-n6c7ccccc7c7ccccc76)c5)n4)c3)c2c1. The summed E-state index contributed by atoms with van der Waals surface area (Å²) >= 11 is 0. The van der Waals surface area contributed by atoms with Crippen LogP contribution in [0.3, 0.4) is 0 Å². The van der Waals surface area contributed by atoms with Crippen molar-refractivity contribution in [1.82, 2.24) is 23.7 Å². The van der Waals surface area contributed by atoms with Gasteiger partial charge in [-0.3, -0.25) is 0 Å². The molecule has 5 nitrogen and oxygen atoms in total. The average molecular weight is 830 g/mol. The lowest BCUT2D eigenvalue weighted by atomic mass is 10.0. The Labute approximate surface area is 375 Å². The van der Waals surface area contributed by atoms with Crippen molar-refractivity contribution in [2.75, 3.05) is 0 Å². The smallest absolute Gasteiger partial charge is 0.160 e. The van der Waals surface area contributed by atoms with Gasteiger partial charge in [0.25, 0.3) is 0 Å². The van der Waals surface area contributed by atoms with E-state index in [0.29, 0.717) is 5.82 Å². The van der Waals surface area contributed by atoms with Gasteiger partial charge in [-0.1, -0.05) is 152 Å². The third-order valence-electron chi connectivity index (χ3n) is 13.0. The minimum Gasteiger partial charge on any atom is -0.309 e. The molecule has 0 N–H and O–H groups in total. The number of nitrogens with zero attached hydrogens (tertiary/aromatic N) is 5. The zero-order valence-electron chi connectivity index (χ0n) is 35.3. The molecule has 4 aromatic heterocycles. The van der Waals surface area contributed by atoms with Crippen LogP contribution in [0.1, 0.15) is 5.56 Å². The van der Waals surface area contributed by atoms with Gasteiger partial charge in [-0.25, -0.2) is 9.97 Å². The zero-order valence-corrected chi connectivity index (χ0v) is 35.3. The maximum Gasteiger partial charge on any atom is 0.160 e. The number of rotatable bonds is 7. The van der Waals surface area contributed by atoms with Crippen LogP contribution in [0.25, 0.3) is 122 Å². The highest BCUT2D eigenvalue weighted by atomic mass is 15.0. The van der Waals surface area contributed by atoms with Crippen molar-refractivity contribution in [3.8, 4) is 51.0 Å². The number of aromatic nitrogens is 5. The molecule has 0 amide bonds. The van der Waals surface area contributed by atoms with E-state index in [9.17, 15) is 0 Å². The minimum atomic E-state index is 0.653. The Hall–Kier alpha value is -8.80. The lowest BCUT2D eigenvalue weighted by Gasteiger charge is -2.14. The van der Waals surface area contributed by atoms with E-state index in [2.05, 4.69) is 239 Å². The van der Waals surface area contributed by atoms with Gasteiger partial charge in [0.1, 0.15) is 0 Å². The van der Waals surface area contributed by atoms with Crippen molar-refractivity contribution in [3.63, 3.8) is 0 Å². The standard InChI is InChI=1S/C60H39N5/c1-2-39-32-33-51-50-26-7-12-31-58(50)65(59(51)34-39)44-20-14-17-41(36-44)53-38-52(40-16-13-19-43(35-40)63-54-27-8-3-22-46(54)47-23-4-9-28-55(47)63)61-60(62-53)42-18-15-21-45(37-42)64-56-29-10-5-24-48(56)49-25-6-11-30-57(49)64/h2-38H,1H2. The lowest BCUT2D eigenvalue weighted by molar-refractivity contribution is 1.15. The summed E-state index contributed by atoms with van der Waals surface area (Å²) in [4.78, 5) is 10.8. The van der Waals surface area contributed by atoms with Crippen molar-refractivity contribution < 1.29 is 0 Å². The Morgan fingerprint density at radius 2 is 0.662 bits per heavy atom. The molecule has 0 saturated carbocycles. The number of benzene rings is 9. The number of hydrogen-bond donors (Lipinski definition) is 0. The number of para-hydroxylation sites is 5. The fraction of sp³-hybridized carbons (Fsp3) is 0. The largest absolute Gasteiger partial charge is 0.309 e. The molecular weight excluding hydrogens is 791 g/mol. The zero-order chi connectivity index (χ0) is 43.0. The second-order valence-corrected chi connectivity index (χ2v) is 16.7. The second kappa shape index (κ2) is 14.7. The first-order valence-corrected chi connectivity index (χ1v) is 22.0. The lowest BCUT2D eigenvalue weighted by Crippen LogP contribution is -2.00. The molecule has 0 atom stereocenters. The van der Waals surface area contributed by atoms with E-state index >= 15 is 0 Å². The van der Waals surface area contributed by atoms with Crippen molar-refractivity contribution >= 4 is 71.5 Å². The van der Waals surface area contributed by atoms with Crippen LogP contribution in [0.15, 0.2) is 225 Å². The molecule has 0 saturated heterocycles. The molecule has 65 heavy (non-hydrogen) atoms. The molecule has 13 rings (SSSR count). The molecule has 0 bridgehead atoms. The van der Waals surface area contributed by atoms with E-state index in [4.69, 9.17) is 9.97 Å². The van der Waals surface area contributed by atoms with E-state index in [-0.39, 0.29) is 0 Å². The summed E-state index contributed by atoms with van der Waals surface area (Å²) in [6.45, 7) is 4.08. The van der Waals surface area contributed by atoms with Gasteiger partial charge in [0, 0.05) is 66.1 Å². The van der Waals surface area contributed by atoms with Crippen LogP contribution in [0.4, 0.5) is 0 Å². The highest BCUT2D eigenvalue weighted by molar-refractivity contribution is 6.11. The van der Waals surface area contributed by atoms with Crippen LogP contribution in [0.5, 0.6) is 0 Å². The summed E-state index contributed by atoms with van der Waals surface area (Å²) < 4.78 is 7.06. The molecule has 0 aliphatic carbocycles. The number of fused-ring (bicyclic) bond motifs is 9. The molecule has 0 spiro atoms. The molecule has 0 unspecified atom stereocenters. The highest BCUT2D eigenvalue weighted by Gasteiger charge is 2.18. The molecule has 4 heterocycles. The van der Waals surface area contributed by atoms with Crippen molar-refractivity contribution in [2.24, 2.45) is 0 Å². The van der Waals surface area contributed by atoms with E-state index < -0.39 is 0 Å². The normalized spacial score (nSPS) is 11.8. The van der Waals surface area contributed by atoms with Crippen molar-refractivity contribution in [2.45, 2.75) is 0 Å². The molecular formula is C60H39N5. The van der Waals surface area contributed by atoms with Crippen LogP contribution in [0, 0.1) is 0 Å². The molecule has 0 aliphatic rings. The molecule has 9 aromatic carbocycles. The molecule has 5 heteroatoms. The summed E-state index contributed by atoms with van der Waals surface area (Å²) in [5.41, 5.74) is 15.8. The van der Waals surface area contributed by atoms with Gasteiger partial charge in [0.15, 0.2) is 5.82 Å². The minimum absolute atomic E-state index is 0.653. The van der Waals surface area contributed by atoms with Gasteiger partial charge in [-0.15, -0.1) is 0 Å². The van der Waals surface area contributed by atoms with Crippen molar-refractivity contribution in [3.05, 3.63) is 231 Å². The van der Waals surface area contributed by atoms with E-state index in [0.717, 1.165) is 72.8 Å². The van der Waals surface area contributed by atoms with Gasteiger partial charge < -0.3 is 13.7 Å². The Morgan fingerprint density at radius 3 is 1.08 bits per heavy atom. The van der Waals surface area contributed by atoms with Gasteiger partial charge in [-0.2, -0.15) is 0 Å². The molecule has 13 aromatic rings. The molecule has 0 radical (unpaired) electrons. The first-order chi connectivity index (χ1) is 32.2. The highest BCUT2D eigenvalue weighted by Crippen LogP contribution is 2.38. The Kier molecular flexibility index (Phi) is 8.30. The average Bonchev–Trinajstić information content (AvgIpc) is 4.02. The fourth-order valence-electron chi connectivity index (χ4n) is 10.1. The van der Waals surface area contributed by atoms with Crippen molar-refractivity contribution in [1.29, 1.82) is 0 Å². The summed E-state index contributed by atoms with van der Waals surface area (Å²) in [5.74, 6) is 0.653. The van der Waals surface area contributed by atoms with Crippen LogP contribution < -0.4 is 0 Å². The van der Waals surface area contributed by atoms with Crippen LogP contribution >= 0.6 is 0 Å². The molecule has 0 fully saturated rings. The monoisotopic (exact) mass is 829 g/mol. The van der Waals surface area contributed by atoms with E-state index in [1.165, 1.54) is 43.4 Å². The number of hydrogen-bond acceptors (Lipinski definition) is 2.